The first kappa shape index (κ1) is 15.8. The molecule has 2 rings (SSSR count). The van der Waals surface area contributed by atoms with Gasteiger partial charge in [0, 0.05) is 4.90 Å². The van der Waals surface area contributed by atoms with Gasteiger partial charge in [0.05, 0.1) is 17.4 Å². The van der Waals surface area contributed by atoms with Gasteiger partial charge in [0.1, 0.15) is 17.5 Å². The van der Waals surface area contributed by atoms with Gasteiger partial charge in [-0.25, -0.2) is 9.37 Å². The molecule has 106 valence electrons. The van der Waals surface area contributed by atoms with Gasteiger partial charge in [0.25, 0.3) is 0 Å². The third kappa shape index (κ3) is 4.77. The molecule has 0 radical (unpaired) electrons. The Labute approximate surface area is 121 Å². The predicted octanol–water partition coefficient (Wildman–Crippen LogP) is 1.95. The van der Waals surface area contributed by atoms with E-state index in [1.165, 1.54) is 24.4 Å². The summed E-state index contributed by atoms with van der Waals surface area (Å²) in [7, 11) is 0. The van der Waals surface area contributed by atoms with Gasteiger partial charge in [-0.05, 0) is 36.8 Å². The lowest BCUT2D eigenvalue weighted by Crippen LogP contribution is -2.14. The van der Waals surface area contributed by atoms with Crippen molar-refractivity contribution in [3.05, 3.63) is 47.4 Å². The predicted molar refractivity (Wildman–Crippen MR) is 82.5 cm³/mol. The molecule has 0 spiro atoms. The molecule has 0 amide bonds. The summed E-state index contributed by atoms with van der Waals surface area (Å²) in [5.74, 6) is -0.117. The monoisotopic (exact) mass is 293 g/mol. The van der Waals surface area contributed by atoms with E-state index in [9.17, 15) is 4.39 Å². The van der Waals surface area contributed by atoms with Crippen molar-refractivity contribution in [1.82, 2.24) is 4.98 Å². The molecule has 0 aliphatic heterocycles. The van der Waals surface area contributed by atoms with Crippen LogP contribution in [-0.4, -0.2) is 10.8 Å². The van der Waals surface area contributed by atoms with Crippen LogP contribution in [0, 0.1) is 18.2 Å². The minimum Gasteiger partial charge on any atom is -0.397 e. The van der Waals surface area contributed by atoms with Crippen LogP contribution in [-0.2, 0) is 0 Å². The minimum absolute atomic E-state index is 0.123. The van der Waals surface area contributed by atoms with Crippen molar-refractivity contribution in [2.45, 2.75) is 11.8 Å². The number of pyridine rings is 1. The number of halogens is 1. The summed E-state index contributed by atoms with van der Waals surface area (Å²) in [5, 5.41) is 7.08. The third-order valence-corrected chi connectivity index (χ3v) is 2.51. The van der Waals surface area contributed by atoms with E-state index in [2.05, 4.69) is 17.6 Å². The third-order valence-electron chi connectivity index (χ3n) is 2.26. The first-order chi connectivity index (χ1) is 9.29. The summed E-state index contributed by atoms with van der Waals surface area (Å²) in [6.45, 7) is 1.84. The molecule has 1 aromatic carbocycles. The normalized spacial score (nSPS) is 9.55. The van der Waals surface area contributed by atoms with E-state index in [1.807, 2.05) is 13.0 Å². The van der Waals surface area contributed by atoms with E-state index in [0.717, 1.165) is 5.56 Å². The number of anilines is 2. The number of rotatable bonds is 1. The summed E-state index contributed by atoms with van der Waals surface area (Å²) < 4.78 is 12.4. The molecule has 20 heavy (non-hydrogen) atoms. The van der Waals surface area contributed by atoms with Crippen LogP contribution < -0.4 is 17.2 Å². The topological polar surface area (TPSA) is 115 Å². The number of nitrogens with zero attached hydrogens (tertiary/aromatic N) is 1. The van der Waals surface area contributed by atoms with Crippen molar-refractivity contribution >= 4 is 30.0 Å². The van der Waals surface area contributed by atoms with Gasteiger partial charge >= 0.3 is 0 Å². The molecule has 2 aromatic rings. The molecule has 1 heterocycles. The van der Waals surface area contributed by atoms with Gasteiger partial charge in [-0.15, -0.1) is 12.6 Å². The summed E-state index contributed by atoms with van der Waals surface area (Å²) >= 11 is 3.98. The summed E-state index contributed by atoms with van der Waals surface area (Å²) in [4.78, 5) is 4.41. The second-order valence-corrected chi connectivity index (χ2v) is 4.62. The van der Waals surface area contributed by atoms with Crippen molar-refractivity contribution in [3.8, 4) is 0 Å². The van der Waals surface area contributed by atoms with Crippen LogP contribution in [0.15, 0.2) is 35.4 Å². The highest BCUT2D eigenvalue weighted by atomic mass is 32.1. The van der Waals surface area contributed by atoms with Gasteiger partial charge in [-0.3, -0.25) is 5.41 Å². The van der Waals surface area contributed by atoms with Crippen LogP contribution in [0.5, 0.6) is 0 Å². The van der Waals surface area contributed by atoms with Crippen LogP contribution in [0.1, 0.15) is 11.1 Å². The molecule has 0 unspecified atom stereocenters. The smallest absolute Gasteiger partial charge is 0.134 e. The number of aromatic nitrogens is 1. The van der Waals surface area contributed by atoms with E-state index in [4.69, 9.17) is 22.6 Å². The summed E-state index contributed by atoms with van der Waals surface area (Å²) in [6.07, 6.45) is 1.42. The first-order valence-electron chi connectivity index (χ1n) is 5.61. The van der Waals surface area contributed by atoms with E-state index >= 15 is 0 Å². The van der Waals surface area contributed by atoms with Crippen LogP contribution in [0.25, 0.3) is 0 Å². The molecule has 0 atom stereocenters. The number of thiol groups is 1. The molecule has 7 heteroatoms. The molecule has 0 saturated carbocycles. The average Bonchev–Trinajstić information content (AvgIpc) is 2.31. The molecule has 5 nitrogen and oxygen atoms in total. The molecule has 1 aromatic heterocycles. The Bertz CT molecular complexity index is 580. The lowest BCUT2D eigenvalue weighted by Gasteiger charge is -2.02. The van der Waals surface area contributed by atoms with E-state index in [0.29, 0.717) is 16.1 Å². The second-order valence-electron chi connectivity index (χ2n) is 4.10. The van der Waals surface area contributed by atoms with Crippen LogP contribution >= 0.6 is 12.6 Å². The molecule has 0 saturated heterocycles. The molecule has 0 fully saturated rings. The van der Waals surface area contributed by atoms with E-state index in [1.54, 1.807) is 0 Å². The van der Waals surface area contributed by atoms with Crippen molar-refractivity contribution in [1.29, 1.82) is 5.41 Å². The Morgan fingerprint density at radius 2 is 1.90 bits per heavy atom. The molecular weight excluding hydrogens is 277 g/mol. The number of nitrogens with two attached hydrogens (primary N) is 3. The highest BCUT2D eigenvalue weighted by molar-refractivity contribution is 7.80. The Morgan fingerprint density at radius 3 is 2.35 bits per heavy atom. The summed E-state index contributed by atoms with van der Waals surface area (Å²) in [6, 6.07) is 6.19. The zero-order chi connectivity index (χ0) is 15.3. The van der Waals surface area contributed by atoms with Crippen molar-refractivity contribution in [3.63, 3.8) is 0 Å². The quantitative estimate of drug-likeness (QED) is 0.314. The maximum atomic E-state index is 12.4. The van der Waals surface area contributed by atoms with Gasteiger partial charge in [-0.1, -0.05) is 0 Å². The fourth-order valence-corrected chi connectivity index (χ4v) is 1.75. The SMILES string of the molecule is Cc1cc(F)cc(S)c1.N=C(N)c1cc(N)cnc1N. The van der Waals surface area contributed by atoms with Crippen LogP contribution in [0.2, 0.25) is 0 Å². The van der Waals surface area contributed by atoms with Gasteiger partial charge < -0.3 is 17.2 Å². The van der Waals surface area contributed by atoms with Crippen molar-refractivity contribution < 1.29 is 4.39 Å². The lowest BCUT2D eigenvalue weighted by molar-refractivity contribution is 0.623. The Hall–Kier alpha value is -2.28. The zero-order valence-electron chi connectivity index (χ0n) is 10.9. The van der Waals surface area contributed by atoms with Crippen LogP contribution in [0.3, 0.4) is 0 Å². The van der Waals surface area contributed by atoms with Crippen molar-refractivity contribution in [2.24, 2.45) is 5.73 Å². The highest BCUT2D eigenvalue weighted by Crippen LogP contribution is 2.11. The summed E-state index contributed by atoms with van der Waals surface area (Å²) in [5.41, 5.74) is 17.7. The average molecular weight is 293 g/mol. The molecular formula is C13H16FN5S. The van der Waals surface area contributed by atoms with Crippen LogP contribution in [0.4, 0.5) is 15.9 Å². The number of aryl methyl sites for hydroxylation is 1. The largest absolute Gasteiger partial charge is 0.397 e. The number of amidine groups is 1. The number of hydrogen-bond donors (Lipinski definition) is 5. The highest BCUT2D eigenvalue weighted by Gasteiger charge is 2.02. The maximum absolute atomic E-state index is 12.4. The molecule has 0 aliphatic carbocycles. The maximum Gasteiger partial charge on any atom is 0.134 e. The van der Waals surface area contributed by atoms with Crippen molar-refractivity contribution in [2.75, 3.05) is 11.5 Å². The Kier molecular flexibility index (Phi) is 5.33. The van der Waals surface area contributed by atoms with E-state index < -0.39 is 0 Å². The Balaban J connectivity index is 0.000000204. The number of hydrogen-bond acceptors (Lipinski definition) is 5. The van der Waals surface area contributed by atoms with Gasteiger partial charge in [-0.2, -0.15) is 0 Å². The van der Waals surface area contributed by atoms with Gasteiger partial charge in [0.2, 0.25) is 0 Å². The van der Waals surface area contributed by atoms with E-state index in [-0.39, 0.29) is 17.5 Å². The molecule has 0 aliphatic rings. The second kappa shape index (κ2) is 6.76. The zero-order valence-corrected chi connectivity index (χ0v) is 11.8. The number of nitrogen functional groups attached to an aromatic ring is 3. The molecule has 0 bridgehead atoms. The fourth-order valence-electron chi connectivity index (χ4n) is 1.42. The fraction of sp³-hybridized carbons (Fsp3) is 0.0769. The molecule has 7 N–H and O–H groups in total. The minimum atomic E-state index is -0.222. The van der Waals surface area contributed by atoms with Gasteiger partial charge in [0.15, 0.2) is 0 Å². The number of benzene rings is 1. The first-order valence-corrected chi connectivity index (χ1v) is 6.06. The lowest BCUT2D eigenvalue weighted by atomic mass is 10.2. The standard InChI is InChI=1S/C7H7FS.C6H9N5/c1-5-2-6(8)4-7(9)3-5;7-3-1-4(5(8)9)6(10)11-2-3/h2-4,9H,1H3;1-2H,7H2,(H3,8,9)(H2,10,11). The Morgan fingerprint density at radius 1 is 1.25 bits per heavy atom. The number of nitrogens with one attached hydrogen (secondary N) is 1.